The Morgan fingerprint density at radius 3 is 2.71 bits per heavy atom. The molecule has 0 spiro atoms. The molecule has 3 aromatic rings. The number of rotatable bonds is 5. The van der Waals surface area contributed by atoms with E-state index in [1.165, 1.54) is 0 Å². The Morgan fingerprint density at radius 1 is 1.14 bits per heavy atom. The number of carbonyl (C=O) groups excluding carboxylic acids is 1. The number of amides is 1. The van der Waals surface area contributed by atoms with Gasteiger partial charge in [0.2, 0.25) is 5.91 Å². The third-order valence-electron chi connectivity index (χ3n) is 4.64. The van der Waals surface area contributed by atoms with E-state index in [0.29, 0.717) is 47.9 Å². The summed E-state index contributed by atoms with van der Waals surface area (Å²) in [6.45, 7) is 2.75. The Bertz CT molecular complexity index is 1000. The van der Waals surface area contributed by atoms with Crippen LogP contribution in [0.15, 0.2) is 42.5 Å². The van der Waals surface area contributed by atoms with Gasteiger partial charge in [-0.2, -0.15) is 0 Å². The summed E-state index contributed by atoms with van der Waals surface area (Å²) in [5.74, 6) is 1.22. The highest BCUT2D eigenvalue weighted by molar-refractivity contribution is 6.35. The van der Waals surface area contributed by atoms with Crippen LogP contribution in [0.4, 0.5) is 0 Å². The van der Waals surface area contributed by atoms with Crippen molar-refractivity contribution in [3.8, 4) is 5.75 Å². The van der Waals surface area contributed by atoms with E-state index >= 15 is 0 Å². The first-order valence-electron chi connectivity index (χ1n) is 8.99. The molecule has 4 rings (SSSR count). The lowest BCUT2D eigenvalue weighted by Gasteiger charge is -2.27. The number of aromatic nitrogens is 2. The van der Waals surface area contributed by atoms with Crippen LogP contribution in [0.5, 0.6) is 5.75 Å². The number of morpholine rings is 1. The fourth-order valence-corrected chi connectivity index (χ4v) is 3.66. The highest BCUT2D eigenvalue weighted by atomic mass is 35.5. The van der Waals surface area contributed by atoms with Crippen LogP contribution < -0.4 is 4.74 Å². The highest BCUT2D eigenvalue weighted by Gasteiger charge is 2.20. The van der Waals surface area contributed by atoms with Crippen molar-refractivity contribution < 1.29 is 14.3 Å². The smallest absolute Gasteiger partial charge is 0.242 e. The molecule has 0 aliphatic carbocycles. The Balaban J connectivity index is 1.58. The van der Waals surface area contributed by atoms with Gasteiger partial charge in [0.1, 0.15) is 24.7 Å². The third kappa shape index (κ3) is 4.09. The molecule has 28 heavy (non-hydrogen) atoms. The van der Waals surface area contributed by atoms with Gasteiger partial charge in [0.25, 0.3) is 0 Å². The molecule has 1 aromatic heterocycles. The molecule has 0 N–H and O–H groups in total. The summed E-state index contributed by atoms with van der Waals surface area (Å²) in [5.41, 5.74) is 1.71. The van der Waals surface area contributed by atoms with E-state index in [0.717, 1.165) is 11.0 Å². The van der Waals surface area contributed by atoms with Crippen molar-refractivity contribution in [3.05, 3.63) is 58.3 Å². The summed E-state index contributed by atoms with van der Waals surface area (Å²) in [5, 5.41) is 0.972. The van der Waals surface area contributed by atoms with Crippen LogP contribution in [0.3, 0.4) is 0 Å². The van der Waals surface area contributed by atoms with E-state index in [4.69, 9.17) is 32.7 Å². The van der Waals surface area contributed by atoms with Gasteiger partial charge in [0, 0.05) is 18.1 Å². The van der Waals surface area contributed by atoms with Crippen molar-refractivity contribution in [2.24, 2.45) is 0 Å². The quantitative estimate of drug-likeness (QED) is 0.631. The van der Waals surface area contributed by atoms with Crippen LogP contribution in [0.2, 0.25) is 10.0 Å². The highest BCUT2D eigenvalue weighted by Crippen LogP contribution is 2.28. The van der Waals surface area contributed by atoms with Crippen LogP contribution in [-0.4, -0.2) is 46.7 Å². The number of nitrogens with zero attached hydrogens (tertiary/aromatic N) is 3. The first kappa shape index (κ1) is 19.1. The Hall–Kier alpha value is -2.28. The first-order chi connectivity index (χ1) is 13.6. The summed E-state index contributed by atoms with van der Waals surface area (Å²) in [6, 6.07) is 12.8. The lowest BCUT2D eigenvalue weighted by atomic mass is 10.3. The average Bonchev–Trinajstić information content (AvgIpc) is 3.05. The number of halogens is 2. The largest absolute Gasteiger partial charge is 0.484 e. The molecule has 1 saturated heterocycles. The second-order valence-corrected chi connectivity index (χ2v) is 7.30. The normalized spacial score (nSPS) is 14.4. The molecular weight excluding hydrogens is 401 g/mol. The van der Waals surface area contributed by atoms with Crippen molar-refractivity contribution >= 4 is 40.1 Å². The number of carbonyl (C=O) groups is 1. The Kier molecular flexibility index (Phi) is 5.71. The molecule has 1 fully saturated rings. The van der Waals surface area contributed by atoms with Gasteiger partial charge in [-0.3, -0.25) is 4.79 Å². The zero-order valence-electron chi connectivity index (χ0n) is 15.1. The second-order valence-electron chi connectivity index (χ2n) is 6.46. The van der Waals surface area contributed by atoms with Crippen molar-refractivity contribution in [1.29, 1.82) is 0 Å². The van der Waals surface area contributed by atoms with Gasteiger partial charge in [-0.25, -0.2) is 4.98 Å². The van der Waals surface area contributed by atoms with E-state index in [-0.39, 0.29) is 19.1 Å². The average molecular weight is 420 g/mol. The van der Waals surface area contributed by atoms with Gasteiger partial charge in [0.15, 0.2) is 0 Å². The molecule has 1 amide bonds. The fraction of sp³-hybridized carbons (Fsp3) is 0.300. The number of ether oxygens (including phenoxy) is 2. The number of hydrogen-bond acceptors (Lipinski definition) is 4. The van der Waals surface area contributed by atoms with E-state index in [1.54, 1.807) is 18.2 Å². The second kappa shape index (κ2) is 8.39. The third-order valence-corrected chi connectivity index (χ3v) is 5.17. The Morgan fingerprint density at radius 2 is 1.93 bits per heavy atom. The minimum Gasteiger partial charge on any atom is -0.484 e. The van der Waals surface area contributed by atoms with E-state index in [2.05, 4.69) is 4.98 Å². The minimum atomic E-state index is 0.0391. The van der Waals surface area contributed by atoms with Gasteiger partial charge in [-0.15, -0.1) is 0 Å². The minimum absolute atomic E-state index is 0.0391. The standard InChI is InChI=1S/C20H19Cl2N3O3/c21-14-5-6-18(15(22)11-14)28-13-19-23-16-3-1-2-4-17(16)25(19)12-20(26)24-7-9-27-10-8-24/h1-6,11H,7-10,12-13H2. The molecule has 146 valence electrons. The van der Waals surface area contributed by atoms with Crippen molar-refractivity contribution in [2.45, 2.75) is 13.2 Å². The molecular formula is C20H19Cl2N3O3. The lowest BCUT2D eigenvalue weighted by molar-refractivity contribution is -0.135. The lowest BCUT2D eigenvalue weighted by Crippen LogP contribution is -2.42. The molecule has 0 saturated carbocycles. The van der Waals surface area contributed by atoms with Crippen molar-refractivity contribution in [1.82, 2.24) is 14.5 Å². The molecule has 0 unspecified atom stereocenters. The van der Waals surface area contributed by atoms with Gasteiger partial charge >= 0.3 is 0 Å². The predicted molar refractivity (Wildman–Crippen MR) is 108 cm³/mol. The van der Waals surface area contributed by atoms with Gasteiger partial charge < -0.3 is 18.9 Å². The molecule has 0 radical (unpaired) electrons. The molecule has 2 heterocycles. The van der Waals surface area contributed by atoms with Crippen LogP contribution in [0, 0.1) is 0 Å². The maximum atomic E-state index is 12.8. The monoisotopic (exact) mass is 419 g/mol. The number of benzene rings is 2. The van der Waals surface area contributed by atoms with Gasteiger partial charge in [-0.1, -0.05) is 35.3 Å². The maximum Gasteiger partial charge on any atom is 0.242 e. The SMILES string of the molecule is O=C(Cn1c(COc2ccc(Cl)cc2Cl)nc2ccccc21)N1CCOCC1. The summed E-state index contributed by atoms with van der Waals surface area (Å²) in [7, 11) is 0. The maximum absolute atomic E-state index is 12.8. The van der Waals surface area contributed by atoms with E-state index < -0.39 is 0 Å². The van der Waals surface area contributed by atoms with Crippen molar-refractivity contribution in [2.75, 3.05) is 26.3 Å². The van der Waals surface area contributed by atoms with Gasteiger partial charge in [0.05, 0.1) is 29.3 Å². The number of para-hydroxylation sites is 2. The molecule has 8 heteroatoms. The number of fused-ring (bicyclic) bond motifs is 1. The van der Waals surface area contributed by atoms with Gasteiger partial charge in [-0.05, 0) is 30.3 Å². The summed E-state index contributed by atoms with van der Waals surface area (Å²) in [4.78, 5) is 19.2. The predicted octanol–water partition coefficient (Wildman–Crippen LogP) is 3.78. The van der Waals surface area contributed by atoms with E-state index in [1.807, 2.05) is 33.7 Å². The molecule has 1 aliphatic heterocycles. The summed E-state index contributed by atoms with van der Waals surface area (Å²) < 4.78 is 13.1. The van der Waals surface area contributed by atoms with E-state index in [9.17, 15) is 4.79 Å². The fourth-order valence-electron chi connectivity index (χ4n) is 3.19. The zero-order chi connectivity index (χ0) is 19.5. The summed E-state index contributed by atoms with van der Waals surface area (Å²) >= 11 is 12.1. The molecule has 2 aromatic carbocycles. The van der Waals surface area contributed by atoms with Crippen LogP contribution in [0.1, 0.15) is 5.82 Å². The van der Waals surface area contributed by atoms with Crippen LogP contribution in [0.25, 0.3) is 11.0 Å². The molecule has 0 bridgehead atoms. The number of imidazole rings is 1. The first-order valence-corrected chi connectivity index (χ1v) is 9.75. The molecule has 1 aliphatic rings. The van der Waals surface area contributed by atoms with Crippen LogP contribution >= 0.6 is 23.2 Å². The topological polar surface area (TPSA) is 56.6 Å². The van der Waals surface area contributed by atoms with Crippen molar-refractivity contribution in [3.63, 3.8) is 0 Å². The summed E-state index contributed by atoms with van der Waals surface area (Å²) in [6.07, 6.45) is 0. The Labute approximate surface area is 172 Å². The number of hydrogen-bond donors (Lipinski definition) is 0. The molecule has 6 nitrogen and oxygen atoms in total. The molecule has 0 atom stereocenters. The van der Waals surface area contributed by atoms with Crippen LogP contribution in [-0.2, 0) is 22.7 Å². The zero-order valence-corrected chi connectivity index (χ0v) is 16.6.